The van der Waals surface area contributed by atoms with Gasteiger partial charge in [0.1, 0.15) is 4.90 Å². The van der Waals surface area contributed by atoms with Crippen molar-refractivity contribution < 1.29 is 13.2 Å². The molecule has 1 rings (SSSR count). The molecular formula is C11H19N3O3S. The monoisotopic (exact) mass is 273 g/mol. The number of sulfonamides is 1. The third kappa shape index (κ3) is 4.25. The molecule has 0 aliphatic heterocycles. The summed E-state index contributed by atoms with van der Waals surface area (Å²) in [6.45, 7) is 5.57. The van der Waals surface area contributed by atoms with E-state index >= 15 is 0 Å². The molecule has 7 heteroatoms. The predicted octanol–water partition coefficient (Wildman–Crippen LogP) is 0.828. The van der Waals surface area contributed by atoms with Gasteiger partial charge >= 0.3 is 0 Å². The summed E-state index contributed by atoms with van der Waals surface area (Å²) in [4.78, 5) is 4.00. The Morgan fingerprint density at radius 1 is 1.39 bits per heavy atom. The predicted molar refractivity (Wildman–Crippen MR) is 70.1 cm³/mol. The number of rotatable bonds is 8. The molecule has 0 aromatic carbocycles. The lowest BCUT2D eigenvalue weighted by Crippen LogP contribution is -2.28. The van der Waals surface area contributed by atoms with E-state index in [9.17, 15) is 8.42 Å². The fourth-order valence-corrected chi connectivity index (χ4v) is 2.54. The molecule has 0 spiro atoms. The molecule has 1 aromatic heterocycles. The summed E-state index contributed by atoms with van der Waals surface area (Å²) < 4.78 is 31.6. The number of anilines is 1. The van der Waals surface area contributed by atoms with Crippen molar-refractivity contribution >= 4 is 15.7 Å². The molecule has 1 heterocycles. The van der Waals surface area contributed by atoms with E-state index in [0.717, 1.165) is 0 Å². The molecule has 0 amide bonds. The summed E-state index contributed by atoms with van der Waals surface area (Å²) in [7, 11) is -3.55. The Morgan fingerprint density at radius 3 is 2.83 bits per heavy atom. The van der Waals surface area contributed by atoms with Gasteiger partial charge in [-0.3, -0.25) is 4.98 Å². The van der Waals surface area contributed by atoms with Crippen LogP contribution in [0.1, 0.15) is 13.8 Å². The molecule has 0 aliphatic rings. The van der Waals surface area contributed by atoms with Crippen molar-refractivity contribution in [3.63, 3.8) is 0 Å². The van der Waals surface area contributed by atoms with Crippen LogP contribution >= 0.6 is 0 Å². The van der Waals surface area contributed by atoms with Crippen LogP contribution < -0.4 is 10.0 Å². The third-order valence-corrected chi connectivity index (χ3v) is 3.67. The molecular weight excluding hydrogens is 254 g/mol. The Labute approximate surface area is 108 Å². The van der Waals surface area contributed by atoms with Gasteiger partial charge < -0.3 is 10.1 Å². The van der Waals surface area contributed by atoms with Crippen LogP contribution in [0, 0.1) is 0 Å². The van der Waals surface area contributed by atoms with Crippen LogP contribution in [0.4, 0.5) is 5.69 Å². The van der Waals surface area contributed by atoms with Gasteiger partial charge in [-0.1, -0.05) is 0 Å². The molecule has 0 bridgehead atoms. The van der Waals surface area contributed by atoms with E-state index in [1.165, 1.54) is 6.20 Å². The lowest BCUT2D eigenvalue weighted by atomic mass is 10.4. The largest absolute Gasteiger partial charge is 0.384 e. The van der Waals surface area contributed by atoms with Gasteiger partial charge in [-0.15, -0.1) is 0 Å². The number of pyridine rings is 1. The summed E-state index contributed by atoms with van der Waals surface area (Å²) in [5, 5.41) is 2.99. The van der Waals surface area contributed by atoms with Crippen LogP contribution in [0.5, 0.6) is 0 Å². The number of hydrogen-bond donors (Lipinski definition) is 2. The molecule has 0 atom stereocenters. The van der Waals surface area contributed by atoms with Gasteiger partial charge in [0.05, 0.1) is 12.3 Å². The normalized spacial score (nSPS) is 11.4. The molecule has 0 fully saturated rings. The lowest BCUT2D eigenvalue weighted by molar-refractivity contribution is 0.153. The highest BCUT2D eigenvalue weighted by Gasteiger charge is 2.17. The van der Waals surface area contributed by atoms with Crippen LogP contribution in [-0.4, -0.2) is 39.7 Å². The van der Waals surface area contributed by atoms with E-state index in [-0.39, 0.29) is 11.4 Å². The van der Waals surface area contributed by atoms with E-state index in [0.29, 0.717) is 25.4 Å². The second-order valence-corrected chi connectivity index (χ2v) is 5.23. The van der Waals surface area contributed by atoms with Gasteiger partial charge in [-0.05, 0) is 19.9 Å². The zero-order valence-electron chi connectivity index (χ0n) is 10.6. The number of nitrogens with zero attached hydrogens (tertiary/aromatic N) is 1. The average molecular weight is 273 g/mol. The maximum absolute atomic E-state index is 12.0. The van der Waals surface area contributed by atoms with E-state index in [1.807, 2.05) is 13.8 Å². The van der Waals surface area contributed by atoms with Crippen LogP contribution in [-0.2, 0) is 14.8 Å². The zero-order chi connectivity index (χ0) is 13.4. The molecule has 2 N–H and O–H groups in total. The van der Waals surface area contributed by atoms with Gasteiger partial charge in [-0.2, -0.15) is 0 Å². The quantitative estimate of drug-likeness (QED) is 0.686. The molecule has 0 saturated heterocycles. The highest BCUT2D eigenvalue weighted by atomic mass is 32.2. The second kappa shape index (κ2) is 7.30. The smallest absolute Gasteiger partial charge is 0.244 e. The Balaban J connectivity index is 2.77. The van der Waals surface area contributed by atoms with Crippen LogP contribution in [0.2, 0.25) is 0 Å². The minimum absolute atomic E-state index is 0.156. The van der Waals surface area contributed by atoms with E-state index < -0.39 is 10.0 Å². The fourth-order valence-electron chi connectivity index (χ4n) is 1.40. The van der Waals surface area contributed by atoms with Crippen LogP contribution in [0.15, 0.2) is 23.4 Å². The van der Waals surface area contributed by atoms with E-state index in [2.05, 4.69) is 15.0 Å². The van der Waals surface area contributed by atoms with Crippen molar-refractivity contribution in [2.24, 2.45) is 0 Å². The van der Waals surface area contributed by atoms with Crippen LogP contribution in [0.3, 0.4) is 0 Å². The first-order valence-electron chi connectivity index (χ1n) is 5.87. The number of aromatic nitrogens is 1. The van der Waals surface area contributed by atoms with E-state index in [4.69, 9.17) is 4.74 Å². The fraction of sp³-hybridized carbons (Fsp3) is 0.545. The van der Waals surface area contributed by atoms with Crippen molar-refractivity contribution in [1.82, 2.24) is 9.71 Å². The van der Waals surface area contributed by atoms with Gasteiger partial charge in [0, 0.05) is 32.1 Å². The van der Waals surface area contributed by atoms with Crippen molar-refractivity contribution in [1.29, 1.82) is 0 Å². The van der Waals surface area contributed by atoms with Gasteiger partial charge in [-0.25, -0.2) is 13.1 Å². The molecule has 0 radical (unpaired) electrons. The zero-order valence-corrected chi connectivity index (χ0v) is 11.5. The first-order chi connectivity index (χ1) is 8.61. The molecule has 0 unspecified atom stereocenters. The summed E-state index contributed by atoms with van der Waals surface area (Å²) in [5.41, 5.74) is 0.552. The summed E-state index contributed by atoms with van der Waals surface area (Å²) >= 11 is 0. The minimum atomic E-state index is -3.55. The molecule has 102 valence electrons. The molecule has 18 heavy (non-hydrogen) atoms. The van der Waals surface area contributed by atoms with Crippen molar-refractivity contribution in [2.45, 2.75) is 18.7 Å². The SMILES string of the molecule is CCNc1ccncc1S(=O)(=O)NCCOCC. The molecule has 0 saturated carbocycles. The van der Waals surface area contributed by atoms with Crippen molar-refractivity contribution in [3.8, 4) is 0 Å². The Hall–Kier alpha value is -1.18. The lowest BCUT2D eigenvalue weighted by Gasteiger charge is -2.11. The molecule has 0 aliphatic carbocycles. The Morgan fingerprint density at radius 2 is 2.17 bits per heavy atom. The first-order valence-corrected chi connectivity index (χ1v) is 7.35. The number of ether oxygens (including phenoxy) is 1. The number of hydrogen-bond acceptors (Lipinski definition) is 5. The molecule has 6 nitrogen and oxygen atoms in total. The van der Waals surface area contributed by atoms with Gasteiger partial charge in [0.15, 0.2) is 0 Å². The summed E-state index contributed by atoms with van der Waals surface area (Å²) in [5.74, 6) is 0. The van der Waals surface area contributed by atoms with Gasteiger partial charge in [0.25, 0.3) is 0 Å². The summed E-state index contributed by atoms with van der Waals surface area (Å²) in [6, 6.07) is 1.64. The number of nitrogens with one attached hydrogen (secondary N) is 2. The maximum Gasteiger partial charge on any atom is 0.244 e. The first kappa shape index (κ1) is 14.9. The maximum atomic E-state index is 12.0. The Bertz CT molecular complexity index is 462. The highest BCUT2D eigenvalue weighted by molar-refractivity contribution is 7.89. The topological polar surface area (TPSA) is 80.3 Å². The van der Waals surface area contributed by atoms with Crippen molar-refractivity contribution in [2.75, 3.05) is 31.6 Å². The van der Waals surface area contributed by atoms with Crippen LogP contribution in [0.25, 0.3) is 0 Å². The van der Waals surface area contributed by atoms with Crippen molar-refractivity contribution in [3.05, 3.63) is 18.5 Å². The average Bonchev–Trinajstić information content (AvgIpc) is 2.36. The second-order valence-electron chi connectivity index (χ2n) is 3.50. The third-order valence-electron chi connectivity index (χ3n) is 2.18. The Kier molecular flexibility index (Phi) is 6.03. The minimum Gasteiger partial charge on any atom is -0.384 e. The summed E-state index contributed by atoms with van der Waals surface area (Å²) in [6.07, 6.45) is 2.89. The molecule has 1 aromatic rings. The highest BCUT2D eigenvalue weighted by Crippen LogP contribution is 2.18. The van der Waals surface area contributed by atoms with E-state index in [1.54, 1.807) is 12.3 Å². The standard InChI is InChI=1S/C11H19N3O3S/c1-3-13-10-5-6-12-9-11(10)18(15,16)14-7-8-17-4-2/h5-6,9,14H,3-4,7-8H2,1-2H3,(H,12,13). The van der Waals surface area contributed by atoms with Gasteiger partial charge in [0.2, 0.25) is 10.0 Å².